The molecule has 7 nitrogen and oxygen atoms in total. The van der Waals surface area contributed by atoms with E-state index in [-0.39, 0.29) is 37.0 Å². The van der Waals surface area contributed by atoms with Crippen molar-refractivity contribution in [1.82, 2.24) is 15.5 Å². The lowest BCUT2D eigenvalue weighted by Crippen LogP contribution is -2.52. The number of piperidine rings is 1. The Balaban J connectivity index is 1.55. The summed E-state index contributed by atoms with van der Waals surface area (Å²) in [7, 11) is 0. The molecular weight excluding hydrogens is 389 g/mol. The van der Waals surface area contributed by atoms with Crippen LogP contribution in [0, 0.1) is 17.5 Å². The highest BCUT2D eigenvalue weighted by Gasteiger charge is 2.46. The van der Waals surface area contributed by atoms with Gasteiger partial charge >= 0.3 is 0 Å². The first-order valence-corrected chi connectivity index (χ1v) is 9.71. The lowest BCUT2D eigenvalue weighted by molar-refractivity contribution is -0.136. The van der Waals surface area contributed by atoms with Crippen LogP contribution >= 0.6 is 0 Å². The van der Waals surface area contributed by atoms with E-state index in [1.807, 2.05) is 0 Å². The van der Waals surface area contributed by atoms with Crippen LogP contribution in [0.5, 0.6) is 0 Å². The maximum absolute atomic E-state index is 15.4. The van der Waals surface area contributed by atoms with E-state index in [2.05, 4.69) is 10.6 Å². The third-order valence-corrected chi connectivity index (χ3v) is 6.42. The van der Waals surface area contributed by atoms with Gasteiger partial charge in [0.1, 0.15) is 11.7 Å². The van der Waals surface area contributed by atoms with Crippen LogP contribution in [0.4, 0.5) is 18.9 Å². The van der Waals surface area contributed by atoms with Gasteiger partial charge in [-0.25, -0.2) is 13.2 Å². The van der Waals surface area contributed by atoms with Crippen LogP contribution in [0.1, 0.15) is 41.6 Å². The van der Waals surface area contributed by atoms with Gasteiger partial charge < -0.3 is 15.1 Å². The molecule has 154 valence electrons. The molecule has 1 aromatic carbocycles. The molecule has 0 radical (unpaired) electrons. The van der Waals surface area contributed by atoms with Crippen molar-refractivity contribution in [3.63, 3.8) is 0 Å². The number of piperazine rings is 1. The molecule has 3 fully saturated rings. The van der Waals surface area contributed by atoms with Crippen molar-refractivity contribution in [1.29, 1.82) is 0 Å². The topological polar surface area (TPSA) is 81.8 Å². The maximum Gasteiger partial charge on any atom is 0.258 e. The summed E-state index contributed by atoms with van der Waals surface area (Å²) in [5, 5.41) is 5.33. The Labute approximate surface area is 164 Å². The third-order valence-electron chi connectivity index (χ3n) is 6.42. The van der Waals surface area contributed by atoms with Gasteiger partial charge in [-0.1, -0.05) is 0 Å². The second kappa shape index (κ2) is 6.45. The molecule has 3 saturated heterocycles. The van der Waals surface area contributed by atoms with Crippen LogP contribution in [-0.2, 0) is 16.1 Å². The van der Waals surface area contributed by atoms with Crippen LogP contribution in [-0.4, -0.2) is 53.8 Å². The van der Waals surface area contributed by atoms with Gasteiger partial charge in [0.2, 0.25) is 11.8 Å². The van der Waals surface area contributed by atoms with Gasteiger partial charge in [0, 0.05) is 37.2 Å². The summed E-state index contributed by atoms with van der Waals surface area (Å²) in [4.78, 5) is 38.9. The highest BCUT2D eigenvalue weighted by atomic mass is 19.2. The number of nitrogens with one attached hydrogen (secondary N) is 2. The van der Waals surface area contributed by atoms with E-state index in [9.17, 15) is 23.2 Å². The average Bonchev–Trinajstić information content (AvgIpc) is 3.13. The molecule has 3 amide bonds. The molecule has 4 aliphatic rings. The lowest BCUT2D eigenvalue weighted by Gasteiger charge is -2.37. The summed E-state index contributed by atoms with van der Waals surface area (Å²) in [5.41, 5.74) is -1.31. The van der Waals surface area contributed by atoms with Gasteiger partial charge in [0.05, 0.1) is 12.1 Å². The van der Waals surface area contributed by atoms with Gasteiger partial charge in [-0.2, -0.15) is 0 Å². The van der Waals surface area contributed by atoms with Crippen molar-refractivity contribution < 1.29 is 27.6 Å². The average molecular weight is 408 g/mol. The van der Waals surface area contributed by atoms with Crippen LogP contribution in [0.15, 0.2) is 0 Å². The summed E-state index contributed by atoms with van der Waals surface area (Å²) in [6.45, 7) is 0.767. The van der Waals surface area contributed by atoms with Crippen LogP contribution in [0.25, 0.3) is 0 Å². The number of halogens is 3. The number of hydrogen-bond donors (Lipinski definition) is 2. The molecule has 0 aromatic heterocycles. The summed E-state index contributed by atoms with van der Waals surface area (Å²) in [5.74, 6) is -5.77. The van der Waals surface area contributed by atoms with Gasteiger partial charge in [-0.3, -0.25) is 19.7 Å². The molecule has 0 saturated carbocycles. The zero-order chi connectivity index (χ0) is 20.4. The SMILES string of the molecule is O=C1CCC(N2Cc3c(F)c(N4C5CCC4CNC5)c(F)c(F)c3C2=O)C(=O)N1. The second-order valence-corrected chi connectivity index (χ2v) is 7.99. The van der Waals surface area contributed by atoms with Gasteiger partial charge in [0.25, 0.3) is 5.91 Å². The largest absolute Gasteiger partial charge is 0.358 e. The molecule has 3 unspecified atom stereocenters. The Morgan fingerprint density at radius 1 is 0.897 bits per heavy atom. The van der Waals surface area contributed by atoms with Crippen molar-refractivity contribution >= 4 is 23.4 Å². The standard InChI is InChI=1S/C19H19F3N4O3/c20-14-10-7-25(11-3-4-12(27)24-18(11)28)19(29)13(10)15(21)16(22)17(14)26-8-1-2-9(26)6-23-5-8/h8-9,11,23H,1-7H2,(H,24,27,28). The van der Waals surface area contributed by atoms with Crippen molar-refractivity contribution in [2.45, 2.75) is 50.4 Å². The van der Waals surface area contributed by atoms with Gasteiger partial charge in [0.15, 0.2) is 17.5 Å². The number of hydrogen-bond acceptors (Lipinski definition) is 5. The van der Waals surface area contributed by atoms with Crippen molar-refractivity contribution in [2.24, 2.45) is 0 Å². The van der Waals surface area contributed by atoms with Crippen LogP contribution in [0.2, 0.25) is 0 Å². The minimum atomic E-state index is -1.38. The van der Waals surface area contributed by atoms with E-state index in [0.29, 0.717) is 13.1 Å². The molecule has 10 heteroatoms. The van der Waals surface area contributed by atoms with E-state index in [1.54, 1.807) is 4.90 Å². The number of benzene rings is 1. The Bertz CT molecular complexity index is 937. The van der Waals surface area contributed by atoms with E-state index in [4.69, 9.17) is 0 Å². The number of carbonyl (C=O) groups excluding carboxylic acids is 3. The fourth-order valence-corrected chi connectivity index (χ4v) is 5.05. The molecule has 1 aromatic rings. The summed E-state index contributed by atoms with van der Waals surface area (Å²) in [6, 6.07) is -1.30. The van der Waals surface area contributed by atoms with E-state index in [1.165, 1.54) is 0 Å². The van der Waals surface area contributed by atoms with E-state index >= 15 is 4.39 Å². The van der Waals surface area contributed by atoms with Gasteiger partial charge in [-0.05, 0) is 19.3 Å². The fourth-order valence-electron chi connectivity index (χ4n) is 5.05. The smallest absolute Gasteiger partial charge is 0.258 e. The Hall–Kier alpha value is -2.62. The minimum Gasteiger partial charge on any atom is -0.358 e. The molecule has 0 spiro atoms. The normalized spacial score (nSPS) is 28.8. The first-order chi connectivity index (χ1) is 13.9. The first kappa shape index (κ1) is 18.4. The molecule has 4 aliphatic heterocycles. The van der Waals surface area contributed by atoms with Crippen LogP contribution in [0.3, 0.4) is 0 Å². The molecule has 4 heterocycles. The number of rotatable bonds is 2. The van der Waals surface area contributed by atoms with Crippen LogP contribution < -0.4 is 15.5 Å². The minimum absolute atomic E-state index is 0.0191. The molecule has 0 aliphatic carbocycles. The van der Waals surface area contributed by atoms with E-state index < -0.39 is 52.5 Å². The monoisotopic (exact) mass is 408 g/mol. The molecular formula is C19H19F3N4O3. The number of carbonyl (C=O) groups is 3. The highest BCUT2D eigenvalue weighted by Crippen LogP contribution is 2.42. The zero-order valence-electron chi connectivity index (χ0n) is 15.4. The molecule has 3 atom stereocenters. The summed E-state index contributed by atoms with van der Waals surface area (Å²) in [6.07, 6.45) is 1.57. The lowest BCUT2D eigenvalue weighted by atomic mass is 10.0. The van der Waals surface area contributed by atoms with E-state index in [0.717, 1.165) is 17.7 Å². The second-order valence-electron chi connectivity index (χ2n) is 7.99. The Morgan fingerprint density at radius 2 is 1.59 bits per heavy atom. The quantitative estimate of drug-likeness (QED) is 0.559. The molecule has 5 rings (SSSR count). The molecule has 2 bridgehead atoms. The number of fused-ring (bicyclic) bond motifs is 3. The molecule has 2 N–H and O–H groups in total. The van der Waals surface area contributed by atoms with Gasteiger partial charge in [-0.15, -0.1) is 0 Å². The zero-order valence-corrected chi connectivity index (χ0v) is 15.4. The molecule has 29 heavy (non-hydrogen) atoms. The van der Waals surface area contributed by atoms with Crippen molar-refractivity contribution in [2.75, 3.05) is 18.0 Å². The predicted octanol–water partition coefficient (Wildman–Crippen LogP) is 0.806. The van der Waals surface area contributed by atoms with Crippen molar-refractivity contribution in [3.8, 4) is 0 Å². The number of nitrogens with zero attached hydrogens (tertiary/aromatic N) is 2. The van der Waals surface area contributed by atoms with Crippen molar-refractivity contribution in [3.05, 3.63) is 28.6 Å². The highest BCUT2D eigenvalue weighted by molar-refractivity contribution is 6.05. The Kier molecular flexibility index (Phi) is 4.09. The predicted molar refractivity (Wildman–Crippen MR) is 94.5 cm³/mol. The fraction of sp³-hybridized carbons (Fsp3) is 0.526. The summed E-state index contributed by atoms with van der Waals surface area (Å²) >= 11 is 0. The first-order valence-electron chi connectivity index (χ1n) is 9.71. The number of imide groups is 1. The third kappa shape index (κ3) is 2.58. The maximum atomic E-state index is 15.4. The number of amides is 3. The Morgan fingerprint density at radius 3 is 2.24 bits per heavy atom. The number of anilines is 1. The summed E-state index contributed by atoms with van der Waals surface area (Å²) < 4.78 is 45.4.